The average Bonchev–Trinajstić information content (AvgIpc) is 2.04. The van der Waals surface area contributed by atoms with E-state index in [9.17, 15) is 30.5 Å². The number of benzene rings is 1. The first-order valence-electron chi connectivity index (χ1n) is 4.16. The molecule has 0 aliphatic carbocycles. The van der Waals surface area contributed by atoms with E-state index in [0.29, 0.717) is 12.1 Å². The maximum absolute atomic E-state index is 12.5. The van der Waals surface area contributed by atoms with Gasteiger partial charge in [0.1, 0.15) is 5.82 Å². The fourth-order valence-electron chi connectivity index (χ4n) is 1.24. The Morgan fingerprint density at radius 1 is 1.06 bits per heavy atom. The molecule has 0 radical (unpaired) electrons. The maximum Gasteiger partial charge on any atom is 1.00 e. The quantitative estimate of drug-likeness (QED) is 0.556. The predicted molar refractivity (Wildman–Crippen MR) is 44.2 cm³/mol. The fourth-order valence-corrected chi connectivity index (χ4v) is 1.24. The third-order valence-electron chi connectivity index (χ3n) is 1.83. The summed E-state index contributed by atoms with van der Waals surface area (Å²) in [5, 5.41) is 0. The van der Waals surface area contributed by atoms with Gasteiger partial charge < -0.3 is 12.9 Å². The Bertz CT molecular complexity index is 384. The van der Waals surface area contributed by atoms with Crippen molar-refractivity contribution in [3.8, 4) is 0 Å². The Hall–Kier alpha value is 0.431. The zero-order valence-electron chi connectivity index (χ0n) is 8.66. The van der Waals surface area contributed by atoms with Gasteiger partial charge in [0.2, 0.25) is 0 Å². The van der Waals surface area contributed by atoms with Crippen molar-refractivity contribution in [1.29, 1.82) is 0 Å². The van der Waals surface area contributed by atoms with Gasteiger partial charge in [0, 0.05) is 0 Å². The fraction of sp³-hybridized carbons (Fsp3) is 0.250. The second kappa shape index (κ2) is 6.05. The van der Waals surface area contributed by atoms with Gasteiger partial charge in [-0.1, -0.05) is 17.9 Å². The number of rotatable bonds is 2. The second-order valence-electron chi connectivity index (χ2n) is 3.21. The summed E-state index contributed by atoms with van der Waals surface area (Å²) in [6.45, 7) is -5.39. The van der Waals surface area contributed by atoms with Crippen molar-refractivity contribution >= 4 is 6.98 Å². The van der Waals surface area contributed by atoms with Crippen LogP contribution in [0.3, 0.4) is 0 Å². The number of alkyl halides is 3. The van der Waals surface area contributed by atoms with Crippen LogP contribution < -0.4 is 51.4 Å². The van der Waals surface area contributed by atoms with Gasteiger partial charge >= 0.3 is 64.5 Å². The van der Waals surface area contributed by atoms with Crippen LogP contribution in [0.25, 0.3) is 0 Å². The second-order valence-corrected chi connectivity index (χ2v) is 3.21. The van der Waals surface area contributed by atoms with Crippen LogP contribution in [0.5, 0.6) is 0 Å². The van der Waals surface area contributed by atoms with Crippen LogP contribution in [0, 0.1) is 5.82 Å². The topological polar surface area (TPSA) is 0 Å². The van der Waals surface area contributed by atoms with E-state index in [-0.39, 0.29) is 57.5 Å². The molecule has 0 N–H and O–H groups in total. The van der Waals surface area contributed by atoms with E-state index in [0.717, 1.165) is 0 Å². The monoisotopic (exact) mass is 284 g/mol. The number of hydrogen-bond acceptors (Lipinski definition) is 0. The van der Waals surface area contributed by atoms with Gasteiger partial charge in [0.25, 0.3) is 0 Å². The van der Waals surface area contributed by atoms with Crippen molar-refractivity contribution in [2.75, 3.05) is 0 Å². The minimum absolute atomic E-state index is 0. The van der Waals surface area contributed by atoms with Crippen LogP contribution in [0.15, 0.2) is 18.2 Å². The van der Waals surface area contributed by atoms with E-state index >= 15 is 0 Å². The van der Waals surface area contributed by atoms with Crippen molar-refractivity contribution in [2.24, 2.45) is 0 Å². The van der Waals surface area contributed by atoms with Crippen LogP contribution >= 0.6 is 0 Å². The third kappa shape index (κ3) is 5.73. The first kappa shape index (κ1) is 17.4. The van der Waals surface area contributed by atoms with Crippen LogP contribution in [0.2, 0.25) is 0 Å². The van der Waals surface area contributed by atoms with Crippen molar-refractivity contribution in [2.45, 2.75) is 12.5 Å². The molecule has 1 aromatic rings. The summed E-state index contributed by atoms with van der Waals surface area (Å²) in [5.41, 5.74) is -2.53. The molecule has 0 bridgehead atoms. The van der Waals surface area contributed by atoms with Crippen LogP contribution in [-0.4, -0.2) is 6.98 Å². The van der Waals surface area contributed by atoms with E-state index in [4.69, 9.17) is 0 Å². The number of hydrogen-bond donors (Lipinski definition) is 0. The van der Waals surface area contributed by atoms with Gasteiger partial charge in [0.05, 0.1) is 5.56 Å². The molecule has 0 spiro atoms. The molecule has 90 valence electrons. The summed E-state index contributed by atoms with van der Waals surface area (Å²) in [6, 6.07) is 1.15. The van der Waals surface area contributed by atoms with Crippen molar-refractivity contribution in [3.05, 3.63) is 35.1 Å². The minimum Gasteiger partial charge on any atom is -0.449 e. The van der Waals surface area contributed by atoms with E-state index in [2.05, 4.69) is 0 Å². The summed E-state index contributed by atoms with van der Waals surface area (Å²) in [4.78, 5) is 0. The summed E-state index contributed by atoms with van der Waals surface area (Å²) < 4.78 is 85.4. The van der Waals surface area contributed by atoms with E-state index in [1.807, 2.05) is 0 Å². The van der Waals surface area contributed by atoms with Crippen LogP contribution in [-0.2, 0) is 12.5 Å². The summed E-state index contributed by atoms with van der Waals surface area (Å²) >= 11 is 0. The molecular weight excluding hydrogens is 279 g/mol. The van der Waals surface area contributed by atoms with Gasteiger partial charge in [-0.25, -0.2) is 4.39 Å². The third-order valence-corrected chi connectivity index (χ3v) is 1.83. The molecule has 0 saturated heterocycles. The molecule has 0 aromatic heterocycles. The van der Waals surface area contributed by atoms with Crippen LogP contribution in [0.4, 0.5) is 30.5 Å². The zero-order chi connectivity index (χ0) is 12.6. The Morgan fingerprint density at radius 2 is 1.59 bits per heavy atom. The molecule has 1 rings (SSSR count). The summed E-state index contributed by atoms with van der Waals surface area (Å²) in [5.74, 6) is -1.22. The smallest absolute Gasteiger partial charge is 0.449 e. The SMILES string of the molecule is Fc1ccc(C[B-](F)(F)F)c(C(F)(F)F)c1.[K+]. The van der Waals surface area contributed by atoms with Crippen molar-refractivity contribution in [3.63, 3.8) is 0 Å². The molecule has 0 heterocycles. The van der Waals surface area contributed by atoms with E-state index < -0.39 is 36.4 Å². The maximum atomic E-state index is 12.5. The van der Waals surface area contributed by atoms with Gasteiger partial charge in [0.15, 0.2) is 0 Å². The Labute approximate surface area is 135 Å². The van der Waals surface area contributed by atoms with E-state index in [1.54, 1.807) is 0 Å². The molecule has 9 heteroatoms. The summed E-state index contributed by atoms with van der Waals surface area (Å²) in [6.07, 6.45) is -6.66. The van der Waals surface area contributed by atoms with Crippen LogP contribution in [0.1, 0.15) is 11.1 Å². The first-order chi connectivity index (χ1) is 7.09. The first-order valence-corrected chi connectivity index (χ1v) is 4.16. The van der Waals surface area contributed by atoms with Gasteiger partial charge in [-0.3, -0.25) is 0 Å². The molecule has 0 aliphatic heterocycles. The molecule has 1 aromatic carbocycles. The largest absolute Gasteiger partial charge is 1.00 e. The average molecular weight is 284 g/mol. The van der Waals surface area contributed by atoms with Crippen molar-refractivity contribution < 1.29 is 81.9 Å². The van der Waals surface area contributed by atoms with Gasteiger partial charge in [-0.05, 0) is 12.1 Å². The molecule has 0 aliphatic rings. The molecule has 0 unspecified atom stereocenters. The number of halogens is 7. The molecule has 17 heavy (non-hydrogen) atoms. The summed E-state index contributed by atoms with van der Waals surface area (Å²) in [7, 11) is 0. The predicted octanol–water partition coefficient (Wildman–Crippen LogP) is 0.778. The Morgan fingerprint density at radius 3 is 2.00 bits per heavy atom. The van der Waals surface area contributed by atoms with E-state index in [1.165, 1.54) is 0 Å². The molecule has 0 saturated carbocycles. The molecule has 0 amide bonds. The zero-order valence-corrected chi connectivity index (χ0v) is 11.8. The van der Waals surface area contributed by atoms with Crippen molar-refractivity contribution in [1.82, 2.24) is 0 Å². The molecule has 0 fully saturated rings. The normalized spacial score (nSPS) is 12.2. The standard InChI is InChI=1S/C8H5BF7.K/c10-6-2-1-5(4-9(14,15)16)7(3-6)8(11,12)13;/h1-3H,4H2;/q-1;+1. The molecular formula is C8H5BF7K. The Balaban J connectivity index is 0.00000256. The Kier molecular flexibility index (Phi) is 6.20. The molecule has 0 atom stereocenters. The van der Waals surface area contributed by atoms with Gasteiger partial charge in [-0.15, -0.1) is 0 Å². The van der Waals surface area contributed by atoms with Gasteiger partial charge in [-0.2, -0.15) is 13.2 Å². The minimum atomic E-state index is -5.39. The molecule has 0 nitrogen and oxygen atoms in total.